The first-order chi connectivity index (χ1) is 7.38. The van der Waals surface area contributed by atoms with E-state index >= 15 is 0 Å². The Bertz CT molecular complexity index is 326. The highest BCUT2D eigenvalue weighted by Crippen LogP contribution is 2.66. The first-order valence-electron chi connectivity index (χ1n) is 5.30. The van der Waals surface area contributed by atoms with Crippen LogP contribution >= 0.6 is 11.6 Å². The maximum Gasteiger partial charge on any atom is 0.323 e. The van der Waals surface area contributed by atoms with Crippen molar-refractivity contribution in [1.29, 1.82) is 0 Å². The Balaban J connectivity index is 2.10. The van der Waals surface area contributed by atoms with Crippen molar-refractivity contribution >= 4 is 17.6 Å². The second-order valence-corrected chi connectivity index (χ2v) is 5.25. The summed E-state index contributed by atoms with van der Waals surface area (Å²) in [5.74, 6) is -3.39. The van der Waals surface area contributed by atoms with Gasteiger partial charge < -0.3 is 10.4 Å². The maximum atomic E-state index is 13.2. The molecule has 92 valence electrons. The third-order valence-corrected chi connectivity index (χ3v) is 4.03. The van der Waals surface area contributed by atoms with E-state index in [2.05, 4.69) is 5.32 Å². The number of halogens is 3. The molecule has 1 saturated heterocycles. The van der Waals surface area contributed by atoms with Gasteiger partial charge in [0.2, 0.25) is 0 Å². The summed E-state index contributed by atoms with van der Waals surface area (Å²) >= 11 is 5.52. The lowest BCUT2D eigenvalue weighted by Crippen LogP contribution is -2.47. The summed E-state index contributed by atoms with van der Waals surface area (Å²) in [6, 6.07) is 0. The predicted molar refractivity (Wildman–Crippen MR) is 54.9 cm³/mol. The third kappa shape index (κ3) is 1.61. The Morgan fingerprint density at radius 2 is 2.06 bits per heavy atom. The fraction of sp³-hybridized carbons (Fsp3) is 0.900. The highest BCUT2D eigenvalue weighted by atomic mass is 35.5. The van der Waals surface area contributed by atoms with Gasteiger partial charge in [-0.3, -0.25) is 4.79 Å². The lowest BCUT2D eigenvalue weighted by molar-refractivity contribution is -0.144. The summed E-state index contributed by atoms with van der Waals surface area (Å²) < 4.78 is 26.3. The average Bonchev–Trinajstić information content (AvgIpc) is 2.58. The van der Waals surface area contributed by atoms with Crippen molar-refractivity contribution in [3.05, 3.63) is 0 Å². The number of aliphatic carboxylic acids is 1. The van der Waals surface area contributed by atoms with E-state index in [0.29, 0.717) is 18.7 Å². The van der Waals surface area contributed by atoms with Crippen LogP contribution in [0.25, 0.3) is 0 Å². The van der Waals surface area contributed by atoms with Gasteiger partial charge in [-0.2, -0.15) is 0 Å². The van der Waals surface area contributed by atoms with Crippen LogP contribution in [0.4, 0.5) is 8.78 Å². The van der Waals surface area contributed by atoms with E-state index < -0.39 is 22.8 Å². The molecule has 0 aromatic rings. The van der Waals surface area contributed by atoms with Gasteiger partial charge in [-0.15, -0.1) is 11.6 Å². The van der Waals surface area contributed by atoms with E-state index in [-0.39, 0.29) is 19.4 Å². The lowest BCUT2D eigenvalue weighted by Gasteiger charge is -2.24. The molecular formula is C10H14ClF2NO2. The molecule has 0 aromatic heterocycles. The van der Waals surface area contributed by atoms with Crippen molar-refractivity contribution in [1.82, 2.24) is 5.32 Å². The number of nitrogens with one attached hydrogen (secondary N) is 1. The van der Waals surface area contributed by atoms with Crippen LogP contribution in [0, 0.1) is 5.41 Å². The smallest absolute Gasteiger partial charge is 0.323 e. The Labute approximate surface area is 97.2 Å². The van der Waals surface area contributed by atoms with E-state index in [9.17, 15) is 18.7 Å². The van der Waals surface area contributed by atoms with Crippen LogP contribution in [0.1, 0.15) is 25.7 Å². The highest BCUT2D eigenvalue weighted by molar-refractivity contribution is 6.17. The molecule has 2 N–H and O–H groups in total. The number of hydrogen-bond donors (Lipinski definition) is 2. The summed E-state index contributed by atoms with van der Waals surface area (Å²) in [4.78, 5) is 11.2. The molecule has 2 fully saturated rings. The summed E-state index contributed by atoms with van der Waals surface area (Å²) in [6.07, 6.45) is 0.647. The largest absolute Gasteiger partial charge is 0.480 e. The van der Waals surface area contributed by atoms with E-state index in [0.717, 1.165) is 0 Å². The molecule has 0 bridgehead atoms. The van der Waals surface area contributed by atoms with Gasteiger partial charge in [-0.25, -0.2) is 8.78 Å². The van der Waals surface area contributed by atoms with Crippen molar-refractivity contribution in [3.8, 4) is 0 Å². The van der Waals surface area contributed by atoms with Crippen LogP contribution in [0.3, 0.4) is 0 Å². The molecule has 0 unspecified atom stereocenters. The van der Waals surface area contributed by atoms with Gasteiger partial charge in [0.15, 0.2) is 0 Å². The van der Waals surface area contributed by atoms with Crippen LogP contribution in [-0.2, 0) is 4.79 Å². The first kappa shape index (κ1) is 12.0. The van der Waals surface area contributed by atoms with Crippen LogP contribution in [0.2, 0.25) is 0 Å². The molecule has 1 saturated carbocycles. The van der Waals surface area contributed by atoms with E-state index in [4.69, 9.17) is 11.6 Å². The molecule has 6 heteroatoms. The van der Waals surface area contributed by atoms with Crippen molar-refractivity contribution in [3.63, 3.8) is 0 Å². The summed E-state index contributed by atoms with van der Waals surface area (Å²) in [6.45, 7) is 0.0919. The monoisotopic (exact) mass is 253 g/mol. The maximum absolute atomic E-state index is 13.2. The number of carboxylic acid groups (broad SMARTS) is 1. The molecule has 0 radical (unpaired) electrons. The summed E-state index contributed by atoms with van der Waals surface area (Å²) in [5, 5.41) is 11.9. The Kier molecular flexibility index (Phi) is 2.66. The highest BCUT2D eigenvalue weighted by Gasteiger charge is 2.75. The number of rotatable bonds is 4. The molecule has 0 aromatic carbocycles. The average molecular weight is 254 g/mol. The SMILES string of the molecule is O=C(O)[C@]1(CCCCl)C[C@]2(CN1)CC2(F)F. The van der Waals surface area contributed by atoms with E-state index in [1.165, 1.54) is 0 Å². The zero-order valence-corrected chi connectivity index (χ0v) is 9.49. The van der Waals surface area contributed by atoms with Crippen molar-refractivity contribution < 1.29 is 18.7 Å². The van der Waals surface area contributed by atoms with Gasteiger partial charge in [0.05, 0.1) is 5.41 Å². The first-order valence-corrected chi connectivity index (χ1v) is 5.83. The number of carboxylic acids is 1. The molecular weight excluding hydrogens is 240 g/mol. The zero-order chi connectivity index (χ0) is 12.0. The van der Waals surface area contributed by atoms with Crippen molar-refractivity contribution in [2.75, 3.05) is 12.4 Å². The van der Waals surface area contributed by atoms with Gasteiger partial charge in [-0.05, 0) is 19.3 Å². The van der Waals surface area contributed by atoms with E-state index in [1.54, 1.807) is 0 Å². The third-order valence-electron chi connectivity index (χ3n) is 3.76. The molecule has 3 nitrogen and oxygen atoms in total. The number of alkyl halides is 3. The molecule has 0 amide bonds. The fourth-order valence-corrected chi connectivity index (χ4v) is 2.74. The number of hydrogen-bond acceptors (Lipinski definition) is 2. The molecule has 16 heavy (non-hydrogen) atoms. The lowest BCUT2D eigenvalue weighted by atomic mass is 9.87. The number of carbonyl (C=O) groups is 1. The minimum absolute atomic E-state index is 0.0131. The van der Waals surface area contributed by atoms with Crippen LogP contribution < -0.4 is 5.32 Å². The standard InChI is InChI=1S/C10H14ClF2NO2/c11-3-1-2-9(7(15)16)4-8(6-14-9)5-10(8,12)13/h14H,1-6H2,(H,15,16)/t8-,9+/m1/s1. The minimum atomic E-state index is -2.70. The molecule has 2 aliphatic rings. The van der Waals surface area contributed by atoms with Gasteiger partial charge in [0.1, 0.15) is 5.54 Å². The van der Waals surface area contributed by atoms with Gasteiger partial charge >= 0.3 is 5.97 Å². The van der Waals surface area contributed by atoms with Crippen LogP contribution in [-0.4, -0.2) is 35.0 Å². The van der Waals surface area contributed by atoms with Crippen LogP contribution in [0.5, 0.6) is 0 Å². The molecule has 2 atom stereocenters. The Morgan fingerprint density at radius 3 is 2.44 bits per heavy atom. The van der Waals surface area contributed by atoms with E-state index in [1.807, 2.05) is 0 Å². The molecule has 1 aliphatic heterocycles. The van der Waals surface area contributed by atoms with Gasteiger partial charge in [0, 0.05) is 18.8 Å². The molecule has 1 aliphatic carbocycles. The topological polar surface area (TPSA) is 49.3 Å². The summed E-state index contributed by atoms with van der Waals surface area (Å²) in [5.41, 5.74) is -2.31. The van der Waals surface area contributed by atoms with Gasteiger partial charge in [0.25, 0.3) is 5.92 Å². The summed E-state index contributed by atoms with van der Waals surface area (Å²) in [7, 11) is 0. The predicted octanol–water partition coefficient (Wildman–Crippen LogP) is 1.85. The zero-order valence-electron chi connectivity index (χ0n) is 8.73. The van der Waals surface area contributed by atoms with Crippen molar-refractivity contribution in [2.24, 2.45) is 5.41 Å². The van der Waals surface area contributed by atoms with Crippen molar-refractivity contribution in [2.45, 2.75) is 37.1 Å². The second-order valence-electron chi connectivity index (χ2n) is 4.87. The second kappa shape index (κ2) is 3.53. The molecule has 2 rings (SSSR count). The molecule has 1 heterocycles. The van der Waals surface area contributed by atoms with Crippen LogP contribution in [0.15, 0.2) is 0 Å². The Hall–Kier alpha value is -0.420. The molecule has 1 spiro atoms. The fourth-order valence-electron chi connectivity index (χ4n) is 2.61. The normalized spacial score (nSPS) is 40.2. The van der Waals surface area contributed by atoms with Gasteiger partial charge in [-0.1, -0.05) is 0 Å². The quantitative estimate of drug-likeness (QED) is 0.752. The Morgan fingerprint density at radius 1 is 1.44 bits per heavy atom. The minimum Gasteiger partial charge on any atom is -0.480 e.